The third-order valence-corrected chi connectivity index (χ3v) is 2.25. The van der Waals surface area contributed by atoms with E-state index in [9.17, 15) is 0 Å². The van der Waals surface area contributed by atoms with Crippen molar-refractivity contribution in [1.29, 1.82) is 0 Å². The smallest absolute Gasteiger partial charge is 0.122 e. The van der Waals surface area contributed by atoms with Gasteiger partial charge in [-0.2, -0.15) is 0 Å². The van der Waals surface area contributed by atoms with Gasteiger partial charge in [-0.05, 0) is 24.1 Å². The second-order valence-corrected chi connectivity index (χ2v) is 3.25. The van der Waals surface area contributed by atoms with Gasteiger partial charge in [0.05, 0.1) is 6.61 Å². The van der Waals surface area contributed by atoms with Gasteiger partial charge < -0.3 is 10.5 Å². The lowest BCUT2D eigenvalue weighted by atomic mass is 10.1. The molecule has 1 heterocycles. The van der Waals surface area contributed by atoms with Crippen LogP contribution in [-0.4, -0.2) is 6.61 Å². The topological polar surface area (TPSA) is 35.2 Å². The Labute approximate surface area is 72.3 Å². The summed E-state index contributed by atoms with van der Waals surface area (Å²) in [5.41, 5.74) is 8.21. The van der Waals surface area contributed by atoms with E-state index in [2.05, 4.69) is 12.1 Å². The van der Waals surface area contributed by atoms with E-state index < -0.39 is 0 Å². The van der Waals surface area contributed by atoms with Crippen molar-refractivity contribution in [2.75, 3.05) is 6.61 Å². The number of benzene rings is 1. The molecule has 0 bridgehead atoms. The molecule has 0 saturated carbocycles. The molecule has 0 aromatic heterocycles. The van der Waals surface area contributed by atoms with Crippen LogP contribution >= 0.6 is 0 Å². The predicted octanol–water partition coefficient (Wildman–Crippen LogP) is 1.64. The van der Waals surface area contributed by atoms with Gasteiger partial charge in [0.15, 0.2) is 0 Å². The number of hydrogen-bond acceptors (Lipinski definition) is 2. The number of rotatable bonds is 1. The molecule has 0 spiro atoms. The summed E-state index contributed by atoms with van der Waals surface area (Å²) in [5, 5.41) is 0. The van der Waals surface area contributed by atoms with Crippen molar-refractivity contribution in [1.82, 2.24) is 0 Å². The Morgan fingerprint density at radius 3 is 3.08 bits per heavy atom. The molecular formula is C10H13NO. The van der Waals surface area contributed by atoms with E-state index >= 15 is 0 Å². The van der Waals surface area contributed by atoms with Crippen molar-refractivity contribution < 1.29 is 4.74 Å². The molecule has 0 saturated heterocycles. The van der Waals surface area contributed by atoms with Crippen LogP contribution in [0.15, 0.2) is 18.2 Å². The Balaban J connectivity index is 2.39. The van der Waals surface area contributed by atoms with Crippen molar-refractivity contribution in [2.24, 2.45) is 5.73 Å². The van der Waals surface area contributed by atoms with Gasteiger partial charge in [-0.25, -0.2) is 0 Å². The van der Waals surface area contributed by atoms with E-state index in [4.69, 9.17) is 10.5 Å². The van der Waals surface area contributed by atoms with Crippen molar-refractivity contribution in [3.05, 3.63) is 29.3 Å². The summed E-state index contributed by atoms with van der Waals surface area (Å²) in [7, 11) is 0. The van der Waals surface area contributed by atoms with Gasteiger partial charge in [-0.3, -0.25) is 0 Å². The van der Waals surface area contributed by atoms with Crippen molar-refractivity contribution in [3.8, 4) is 5.75 Å². The van der Waals surface area contributed by atoms with Gasteiger partial charge in [0.2, 0.25) is 0 Å². The summed E-state index contributed by atoms with van der Waals surface area (Å²) in [6.07, 6.45) is 1.04. The van der Waals surface area contributed by atoms with E-state index in [0.29, 0.717) is 0 Å². The monoisotopic (exact) mass is 163 g/mol. The second-order valence-electron chi connectivity index (χ2n) is 3.25. The standard InChI is InChI=1S/C10H13NO/c1-7(11)9-3-2-8-4-5-12-10(8)6-9/h2-3,6-7H,4-5,11H2,1H3/t7-/m0/s1. The van der Waals surface area contributed by atoms with Crippen LogP contribution in [0.1, 0.15) is 24.1 Å². The minimum Gasteiger partial charge on any atom is -0.493 e. The predicted molar refractivity (Wildman–Crippen MR) is 48.2 cm³/mol. The maximum absolute atomic E-state index is 5.75. The zero-order valence-corrected chi connectivity index (χ0v) is 7.21. The summed E-state index contributed by atoms with van der Waals surface area (Å²) >= 11 is 0. The fourth-order valence-corrected chi connectivity index (χ4v) is 1.47. The zero-order chi connectivity index (χ0) is 8.55. The highest BCUT2D eigenvalue weighted by molar-refractivity contribution is 5.40. The lowest BCUT2D eigenvalue weighted by Gasteiger charge is -2.06. The van der Waals surface area contributed by atoms with E-state index in [0.717, 1.165) is 24.3 Å². The maximum Gasteiger partial charge on any atom is 0.122 e. The molecule has 2 N–H and O–H groups in total. The van der Waals surface area contributed by atoms with Crippen LogP contribution < -0.4 is 10.5 Å². The molecule has 1 aliphatic rings. The Bertz CT molecular complexity index is 294. The van der Waals surface area contributed by atoms with Gasteiger partial charge in [0, 0.05) is 12.5 Å². The molecular weight excluding hydrogens is 150 g/mol. The molecule has 64 valence electrons. The molecule has 0 unspecified atom stereocenters. The van der Waals surface area contributed by atoms with Gasteiger partial charge in [-0.1, -0.05) is 12.1 Å². The first kappa shape index (κ1) is 7.62. The molecule has 1 aliphatic heterocycles. The molecule has 2 rings (SSSR count). The van der Waals surface area contributed by atoms with Crippen molar-refractivity contribution in [2.45, 2.75) is 19.4 Å². The molecule has 1 aromatic carbocycles. The van der Waals surface area contributed by atoms with E-state index in [1.807, 2.05) is 13.0 Å². The van der Waals surface area contributed by atoms with Crippen LogP contribution in [-0.2, 0) is 6.42 Å². The summed E-state index contributed by atoms with van der Waals surface area (Å²) in [4.78, 5) is 0. The third kappa shape index (κ3) is 1.18. The minimum absolute atomic E-state index is 0.0968. The van der Waals surface area contributed by atoms with Crippen molar-refractivity contribution in [3.63, 3.8) is 0 Å². The molecule has 2 nitrogen and oxygen atoms in total. The molecule has 0 aliphatic carbocycles. The van der Waals surface area contributed by atoms with Gasteiger partial charge in [0.25, 0.3) is 0 Å². The Morgan fingerprint density at radius 2 is 2.33 bits per heavy atom. The van der Waals surface area contributed by atoms with Gasteiger partial charge >= 0.3 is 0 Å². The largest absolute Gasteiger partial charge is 0.493 e. The fourth-order valence-electron chi connectivity index (χ4n) is 1.47. The highest BCUT2D eigenvalue weighted by Crippen LogP contribution is 2.27. The third-order valence-electron chi connectivity index (χ3n) is 2.25. The normalized spacial score (nSPS) is 16.8. The van der Waals surface area contributed by atoms with E-state index in [-0.39, 0.29) is 6.04 Å². The van der Waals surface area contributed by atoms with E-state index in [1.54, 1.807) is 0 Å². The molecule has 0 radical (unpaired) electrons. The number of nitrogens with two attached hydrogens (primary N) is 1. The first-order valence-electron chi connectivity index (χ1n) is 4.28. The van der Waals surface area contributed by atoms with Crippen LogP contribution in [0.3, 0.4) is 0 Å². The number of ether oxygens (including phenoxy) is 1. The maximum atomic E-state index is 5.75. The molecule has 12 heavy (non-hydrogen) atoms. The average Bonchev–Trinajstić information content (AvgIpc) is 2.49. The number of fused-ring (bicyclic) bond motifs is 1. The van der Waals surface area contributed by atoms with Crippen molar-refractivity contribution >= 4 is 0 Å². The first-order valence-corrected chi connectivity index (χ1v) is 4.28. The lowest BCUT2D eigenvalue weighted by molar-refractivity contribution is 0.356. The molecule has 0 amide bonds. The lowest BCUT2D eigenvalue weighted by Crippen LogP contribution is -2.04. The van der Waals surface area contributed by atoms with Crippen LogP contribution in [0.2, 0.25) is 0 Å². The Hall–Kier alpha value is -1.02. The van der Waals surface area contributed by atoms with Crippen LogP contribution in [0.25, 0.3) is 0 Å². The molecule has 1 aromatic rings. The average molecular weight is 163 g/mol. The summed E-state index contributed by atoms with van der Waals surface area (Å²) in [6, 6.07) is 6.34. The summed E-state index contributed by atoms with van der Waals surface area (Å²) in [6.45, 7) is 2.80. The summed E-state index contributed by atoms with van der Waals surface area (Å²) in [5.74, 6) is 1.02. The van der Waals surface area contributed by atoms with Crippen LogP contribution in [0, 0.1) is 0 Å². The van der Waals surface area contributed by atoms with Crippen LogP contribution in [0.4, 0.5) is 0 Å². The number of hydrogen-bond donors (Lipinski definition) is 1. The highest BCUT2D eigenvalue weighted by Gasteiger charge is 2.12. The zero-order valence-electron chi connectivity index (χ0n) is 7.21. The van der Waals surface area contributed by atoms with E-state index in [1.165, 1.54) is 5.56 Å². The second kappa shape index (κ2) is 2.79. The van der Waals surface area contributed by atoms with Gasteiger partial charge in [-0.15, -0.1) is 0 Å². The quantitative estimate of drug-likeness (QED) is 0.683. The Kier molecular flexibility index (Phi) is 1.77. The minimum atomic E-state index is 0.0968. The molecule has 0 fully saturated rings. The SMILES string of the molecule is C[C@H](N)c1ccc2c(c1)OCC2. The Morgan fingerprint density at radius 1 is 1.50 bits per heavy atom. The summed E-state index contributed by atoms with van der Waals surface area (Å²) < 4.78 is 5.43. The first-order chi connectivity index (χ1) is 5.77. The molecule has 2 heteroatoms. The van der Waals surface area contributed by atoms with Crippen LogP contribution in [0.5, 0.6) is 5.75 Å². The fraction of sp³-hybridized carbons (Fsp3) is 0.400. The molecule has 1 atom stereocenters. The van der Waals surface area contributed by atoms with Gasteiger partial charge in [0.1, 0.15) is 5.75 Å². The highest BCUT2D eigenvalue weighted by atomic mass is 16.5.